The van der Waals surface area contributed by atoms with Gasteiger partial charge in [-0.1, -0.05) is 12.1 Å². The van der Waals surface area contributed by atoms with Crippen LogP contribution in [0.5, 0.6) is 0 Å². The van der Waals surface area contributed by atoms with Gasteiger partial charge < -0.3 is 4.90 Å². The highest BCUT2D eigenvalue weighted by Gasteiger charge is 2.37. The molecule has 7 nitrogen and oxygen atoms in total. The second kappa shape index (κ2) is 8.66. The molecule has 0 aliphatic carbocycles. The van der Waals surface area contributed by atoms with Crippen molar-refractivity contribution in [3.05, 3.63) is 40.6 Å². The van der Waals surface area contributed by atoms with Crippen molar-refractivity contribution in [3.63, 3.8) is 0 Å². The molecule has 0 radical (unpaired) electrons. The molecule has 2 aliphatic heterocycles. The summed E-state index contributed by atoms with van der Waals surface area (Å²) in [4.78, 5) is 40.0. The fourth-order valence-electron chi connectivity index (χ4n) is 3.45. The standard InChI is InChI=1S/C19H21FN2O5S2/c1-2-21(15-7-9-29(26,27)12-15)17(23)6-8-22-18(24)16(28-19(22)25)11-13-4-3-5-14(20)10-13/h3-5,10-11,15H,2,6-9,12H2,1H3. The Hall–Kier alpha value is -2.20. The minimum Gasteiger partial charge on any atom is -0.339 e. The van der Waals surface area contributed by atoms with Crippen molar-refractivity contribution < 1.29 is 27.2 Å². The lowest BCUT2D eigenvalue weighted by Crippen LogP contribution is -2.42. The number of hydrogen-bond acceptors (Lipinski definition) is 6. The van der Waals surface area contributed by atoms with Crippen molar-refractivity contribution in [1.29, 1.82) is 0 Å². The van der Waals surface area contributed by atoms with Crippen LogP contribution in [0.4, 0.5) is 9.18 Å². The zero-order chi connectivity index (χ0) is 21.2. The first-order chi connectivity index (χ1) is 13.7. The van der Waals surface area contributed by atoms with Crippen molar-refractivity contribution in [3.8, 4) is 0 Å². The molecule has 3 amide bonds. The van der Waals surface area contributed by atoms with E-state index >= 15 is 0 Å². The minimum absolute atomic E-state index is 0.0511. The molecule has 1 atom stereocenters. The van der Waals surface area contributed by atoms with E-state index in [-0.39, 0.29) is 41.3 Å². The predicted octanol–water partition coefficient (Wildman–Crippen LogP) is 2.29. The van der Waals surface area contributed by atoms with Gasteiger partial charge in [-0.2, -0.15) is 0 Å². The Balaban J connectivity index is 1.63. The fourth-order valence-corrected chi connectivity index (χ4v) is 6.05. The van der Waals surface area contributed by atoms with Crippen LogP contribution in [0.1, 0.15) is 25.3 Å². The molecule has 2 heterocycles. The topological polar surface area (TPSA) is 91.8 Å². The van der Waals surface area contributed by atoms with Gasteiger partial charge in [0.1, 0.15) is 5.82 Å². The molecule has 0 aromatic heterocycles. The van der Waals surface area contributed by atoms with Crippen LogP contribution in [0, 0.1) is 5.82 Å². The number of benzene rings is 1. The number of carbonyl (C=O) groups is 3. The first-order valence-corrected chi connectivity index (χ1v) is 11.8. The largest absolute Gasteiger partial charge is 0.339 e. The Labute approximate surface area is 172 Å². The molecule has 0 saturated carbocycles. The third-order valence-electron chi connectivity index (χ3n) is 4.88. The number of sulfone groups is 1. The number of thioether (sulfide) groups is 1. The van der Waals surface area contributed by atoms with E-state index in [1.807, 2.05) is 0 Å². The highest BCUT2D eigenvalue weighted by Crippen LogP contribution is 2.32. The van der Waals surface area contributed by atoms with Crippen molar-refractivity contribution in [2.45, 2.75) is 25.8 Å². The zero-order valence-corrected chi connectivity index (χ0v) is 17.5. The van der Waals surface area contributed by atoms with Crippen molar-refractivity contribution in [1.82, 2.24) is 9.80 Å². The molecule has 3 rings (SSSR count). The Bertz CT molecular complexity index is 977. The van der Waals surface area contributed by atoms with Gasteiger partial charge in [0.2, 0.25) is 5.91 Å². The maximum atomic E-state index is 13.3. The number of hydrogen-bond donors (Lipinski definition) is 0. The van der Waals surface area contributed by atoms with Crippen LogP contribution in [-0.2, 0) is 19.4 Å². The number of imide groups is 1. The molecule has 2 fully saturated rings. The van der Waals surface area contributed by atoms with Crippen LogP contribution in [-0.4, -0.2) is 65.9 Å². The molecule has 29 heavy (non-hydrogen) atoms. The SMILES string of the molecule is CCN(C(=O)CCN1C(=O)SC(=Cc2cccc(F)c2)C1=O)C1CCS(=O)(=O)C1. The van der Waals surface area contributed by atoms with Crippen molar-refractivity contribution >= 4 is 44.7 Å². The van der Waals surface area contributed by atoms with Crippen molar-refractivity contribution in [2.75, 3.05) is 24.6 Å². The first kappa shape index (κ1) is 21.5. The van der Waals surface area contributed by atoms with Gasteiger partial charge in [-0.25, -0.2) is 12.8 Å². The van der Waals surface area contributed by atoms with Crippen LogP contribution >= 0.6 is 11.8 Å². The van der Waals surface area contributed by atoms with E-state index in [1.165, 1.54) is 29.2 Å². The molecule has 2 aliphatic rings. The van der Waals surface area contributed by atoms with Gasteiger partial charge in [-0.3, -0.25) is 19.3 Å². The number of amides is 3. The normalized spacial score (nSPS) is 22.5. The zero-order valence-electron chi connectivity index (χ0n) is 15.8. The Morgan fingerprint density at radius 1 is 1.38 bits per heavy atom. The highest BCUT2D eigenvalue weighted by molar-refractivity contribution is 8.18. The fraction of sp³-hybridized carbons (Fsp3) is 0.421. The van der Waals surface area contributed by atoms with E-state index in [9.17, 15) is 27.2 Å². The second-order valence-electron chi connectivity index (χ2n) is 6.87. The molecule has 0 bridgehead atoms. The molecule has 1 aromatic carbocycles. The lowest BCUT2D eigenvalue weighted by atomic mass is 10.2. The Morgan fingerprint density at radius 2 is 2.14 bits per heavy atom. The summed E-state index contributed by atoms with van der Waals surface area (Å²) in [6.45, 7) is 2.05. The summed E-state index contributed by atoms with van der Waals surface area (Å²) in [5, 5.41) is -0.489. The second-order valence-corrected chi connectivity index (χ2v) is 10.1. The number of nitrogens with zero attached hydrogens (tertiary/aromatic N) is 2. The maximum absolute atomic E-state index is 13.3. The van der Waals surface area contributed by atoms with Gasteiger partial charge in [-0.05, 0) is 48.9 Å². The summed E-state index contributed by atoms with van der Waals surface area (Å²) in [6.07, 6.45) is 1.77. The molecule has 2 saturated heterocycles. The number of rotatable bonds is 6. The van der Waals surface area contributed by atoms with Crippen LogP contribution in [0.2, 0.25) is 0 Å². The monoisotopic (exact) mass is 440 g/mol. The summed E-state index contributed by atoms with van der Waals surface area (Å²) in [5.74, 6) is -1.25. The lowest BCUT2D eigenvalue weighted by Gasteiger charge is -2.27. The smallest absolute Gasteiger partial charge is 0.293 e. The quantitative estimate of drug-likeness (QED) is 0.631. The third-order valence-corrected chi connectivity index (χ3v) is 7.54. The molecule has 1 unspecified atom stereocenters. The van der Waals surface area contributed by atoms with Gasteiger partial charge in [0.15, 0.2) is 9.84 Å². The van der Waals surface area contributed by atoms with Crippen LogP contribution in [0.15, 0.2) is 29.2 Å². The molecule has 10 heteroatoms. The molecular weight excluding hydrogens is 419 g/mol. The molecule has 0 N–H and O–H groups in total. The van der Waals surface area contributed by atoms with E-state index < -0.39 is 26.8 Å². The molecule has 1 aromatic rings. The summed E-state index contributed by atoms with van der Waals surface area (Å²) < 4.78 is 36.7. The van der Waals surface area contributed by atoms with Crippen LogP contribution < -0.4 is 0 Å². The molecule has 0 spiro atoms. The van der Waals surface area contributed by atoms with E-state index in [0.717, 1.165) is 16.7 Å². The number of carbonyl (C=O) groups excluding carboxylic acids is 3. The third kappa shape index (κ3) is 5.05. The Morgan fingerprint density at radius 3 is 2.76 bits per heavy atom. The van der Waals surface area contributed by atoms with Gasteiger partial charge >= 0.3 is 0 Å². The van der Waals surface area contributed by atoms with Crippen molar-refractivity contribution in [2.24, 2.45) is 0 Å². The average molecular weight is 441 g/mol. The van der Waals surface area contributed by atoms with Gasteiger partial charge in [0, 0.05) is 25.6 Å². The van der Waals surface area contributed by atoms with E-state index in [4.69, 9.17) is 0 Å². The lowest BCUT2D eigenvalue weighted by molar-refractivity contribution is -0.133. The van der Waals surface area contributed by atoms with E-state index in [0.29, 0.717) is 18.5 Å². The molecule has 156 valence electrons. The van der Waals surface area contributed by atoms with Crippen LogP contribution in [0.3, 0.4) is 0 Å². The average Bonchev–Trinajstić information content (AvgIpc) is 3.13. The molecular formula is C19H21FN2O5S2. The maximum Gasteiger partial charge on any atom is 0.293 e. The predicted molar refractivity (Wildman–Crippen MR) is 108 cm³/mol. The Kier molecular flexibility index (Phi) is 6.42. The minimum atomic E-state index is -3.12. The summed E-state index contributed by atoms with van der Waals surface area (Å²) in [6, 6.07) is 5.30. The highest BCUT2D eigenvalue weighted by atomic mass is 32.2. The van der Waals surface area contributed by atoms with Gasteiger partial charge in [-0.15, -0.1) is 0 Å². The summed E-state index contributed by atoms with van der Waals surface area (Å²) in [5.41, 5.74) is 0.464. The summed E-state index contributed by atoms with van der Waals surface area (Å²) in [7, 11) is -3.12. The summed E-state index contributed by atoms with van der Waals surface area (Å²) >= 11 is 0.745. The van der Waals surface area contributed by atoms with E-state index in [1.54, 1.807) is 13.0 Å². The van der Waals surface area contributed by atoms with Crippen LogP contribution in [0.25, 0.3) is 6.08 Å². The first-order valence-electron chi connectivity index (χ1n) is 9.21. The van der Waals surface area contributed by atoms with Gasteiger partial charge in [0.25, 0.3) is 11.1 Å². The number of halogens is 1. The van der Waals surface area contributed by atoms with E-state index in [2.05, 4.69) is 0 Å². The van der Waals surface area contributed by atoms with Gasteiger partial charge in [0.05, 0.1) is 16.4 Å².